The molecule has 170 valence electrons. The van der Waals surface area contributed by atoms with Gasteiger partial charge in [-0.05, 0) is 40.4 Å². The molecule has 9 nitrogen and oxygen atoms in total. The highest BCUT2D eigenvalue weighted by atomic mass is 35.5. The standard InChI is InChI=1S/C18H29ClN4O5S2/c1-17(2,3)28-16(24)23-9-8-18(4,11-23)22-14-12(7-10-27-30(6,25)26)13(19)20-15(21-14)29-5/h7-11H2,1-6H3,(H,20,21,22). The van der Waals surface area contributed by atoms with E-state index in [1.54, 1.807) is 4.90 Å². The van der Waals surface area contributed by atoms with Gasteiger partial charge in [-0.1, -0.05) is 23.4 Å². The monoisotopic (exact) mass is 480 g/mol. The summed E-state index contributed by atoms with van der Waals surface area (Å²) in [5, 5.41) is 4.12. The summed E-state index contributed by atoms with van der Waals surface area (Å²) in [6.07, 6.45) is 3.37. The topological polar surface area (TPSA) is 111 Å². The van der Waals surface area contributed by atoms with Crippen molar-refractivity contribution in [2.45, 2.75) is 56.8 Å². The number of rotatable bonds is 7. The zero-order chi connectivity index (χ0) is 22.7. The average molecular weight is 481 g/mol. The number of nitrogens with one attached hydrogen (secondary N) is 1. The van der Waals surface area contributed by atoms with Gasteiger partial charge in [-0.2, -0.15) is 8.42 Å². The van der Waals surface area contributed by atoms with Gasteiger partial charge in [0.25, 0.3) is 10.1 Å². The molecule has 12 heteroatoms. The normalized spacial score (nSPS) is 19.8. The van der Waals surface area contributed by atoms with Crippen molar-refractivity contribution in [2.24, 2.45) is 0 Å². The van der Waals surface area contributed by atoms with Crippen LogP contribution >= 0.6 is 23.4 Å². The van der Waals surface area contributed by atoms with E-state index in [4.69, 9.17) is 20.5 Å². The van der Waals surface area contributed by atoms with Gasteiger partial charge in [0.15, 0.2) is 5.16 Å². The third-order valence-corrected chi connectivity index (χ3v) is 5.77. The minimum atomic E-state index is -3.57. The zero-order valence-corrected chi connectivity index (χ0v) is 20.5. The Bertz CT molecular complexity index is 891. The molecule has 30 heavy (non-hydrogen) atoms. The van der Waals surface area contributed by atoms with Crippen molar-refractivity contribution in [1.29, 1.82) is 0 Å². The molecule has 0 spiro atoms. The predicted octanol–water partition coefficient (Wildman–Crippen LogP) is 3.18. The van der Waals surface area contributed by atoms with Crippen molar-refractivity contribution in [3.05, 3.63) is 10.7 Å². The Morgan fingerprint density at radius 2 is 2.03 bits per heavy atom. The molecular weight excluding hydrogens is 452 g/mol. The second-order valence-electron chi connectivity index (χ2n) is 8.44. The number of anilines is 1. The van der Waals surface area contributed by atoms with E-state index in [0.717, 1.165) is 6.26 Å². The maximum Gasteiger partial charge on any atom is 0.410 e. The van der Waals surface area contributed by atoms with Crippen LogP contribution in [0.5, 0.6) is 0 Å². The van der Waals surface area contributed by atoms with Gasteiger partial charge in [-0.3, -0.25) is 4.18 Å². The van der Waals surface area contributed by atoms with Crippen LogP contribution in [0.4, 0.5) is 10.6 Å². The second kappa shape index (κ2) is 9.46. The van der Waals surface area contributed by atoms with Crippen molar-refractivity contribution < 1.29 is 22.1 Å². The number of nitrogens with zero attached hydrogens (tertiary/aromatic N) is 3. The van der Waals surface area contributed by atoms with E-state index in [0.29, 0.717) is 36.0 Å². The number of carbonyl (C=O) groups is 1. The largest absolute Gasteiger partial charge is 0.444 e. The molecule has 0 radical (unpaired) electrons. The minimum absolute atomic E-state index is 0.0735. The lowest BCUT2D eigenvalue weighted by atomic mass is 10.0. The number of carbonyl (C=O) groups excluding carboxylic acids is 1. The van der Waals surface area contributed by atoms with Crippen LogP contribution in [-0.2, 0) is 25.5 Å². The first kappa shape index (κ1) is 25.0. The SMILES string of the molecule is CSc1nc(Cl)c(CCOS(C)(=O)=O)c(NC2(C)CCN(C(=O)OC(C)(C)C)C2)n1. The van der Waals surface area contributed by atoms with Crippen molar-refractivity contribution >= 4 is 45.4 Å². The molecule has 1 amide bonds. The Morgan fingerprint density at radius 1 is 1.37 bits per heavy atom. The molecule has 1 aromatic rings. The lowest BCUT2D eigenvalue weighted by Gasteiger charge is -2.29. The lowest BCUT2D eigenvalue weighted by molar-refractivity contribution is 0.0287. The first-order valence-electron chi connectivity index (χ1n) is 9.42. The van der Waals surface area contributed by atoms with Gasteiger partial charge in [-0.15, -0.1) is 0 Å². The molecule has 1 unspecified atom stereocenters. The number of amides is 1. The number of likely N-dealkylation sites (tertiary alicyclic amines) is 1. The number of ether oxygens (including phenoxy) is 1. The number of hydrogen-bond donors (Lipinski definition) is 1. The van der Waals surface area contributed by atoms with E-state index < -0.39 is 21.3 Å². The summed E-state index contributed by atoms with van der Waals surface area (Å²) in [4.78, 5) is 22.8. The van der Waals surface area contributed by atoms with Crippen LogP contribution in [0.25, 0.3) is 0 Å². The predicted molar refractivity (Wildman–Crippen MR) is 118 cm³/mol. The number of thioether (sulfide) groups is 1. The highest BCUT2D eigenvalue weighted by Gasteiger charge is 2.38. The minimum Gasteiger partial charge on any atom is -0.444 e. The molecule has 1 fully saturated rings. The maximum absolute atomic E-state index is 12.4. The molecule has 2 heterocycles. The first-order valence-corrected chi connectivity index (χ1v) is 12.8. The molecule has 0 bridgehead atoms. The maximum atomic E-state index is 12.4. The van der Waals surface area contributed by atoms with Gasteiger partial charge < -0.3 is 15.0 Å². The van der Waals surface area contributed by atoms with Crippen molar-refractivity contribution in [2.75, 3.05) is 37.5 Å². The van der Waals surface area contributed by atoms with E-state index in [9.17, 15) is 13.2 Å². The Hall–Kier alpha value is -1.30. The third-order valence-electron chi connectivity index (χ3n) is 4.31. The fraction of sp³-hybridized carbons (Fsp3) is 0.722. The molecule has 1 saturated heterocycles. The van der Waals surface area contributed by atoms with E-state index in [-0.39, 0.29) is 24.3 Å². The fourth-order valence-corrected chi connectivity index (χ4v) is 4.05. The highest BCUT2D eigenvalue weighted by molar-refractivity contribution is 7.98. The molecule has 1 N–H and O–H groups in total. The van der Waals surface area contributed by atoms with Gasteiger partial charge in [0, 0.05) is 25.1 Å². The molecule has 1 aromatic heterocycles. The van der Waals surface area contributed by atoms with Crippen LogP contribution in [0.2, 0.25) is 5.15 Å². The summed E-state index contributed by atoms with van der Waals surface area (Å²) in [5.41, 5.74) is -0.462. The molecule has 1 aliphatic heterocycles. The summed E-state index contributed by atoms with van der Waals surface area (Å²) in [6.45, 7) is 8.37. The third kappa shape index (κ3) is 7.44. The van der Waals surface area contributed by atoms with E-state index in [1.165, 1.54) is 11.8 Å². The Labute approximate surface area is 187 Å². The van der Waals surface area contributed by atoms with Gasteiger partial charge >= 0.3 is 6.09 Å². The van der Waals surface area contributed by atoms with Gasteiger partial charge in [-0.25, -0.2) is 14.8 Å². The lowest BCUT2D eigenvalue weighted by Crippen LogP contribution is -2.42. The summed E-state index contributed by atoms with van der Waals surface area (Å²) in [5.74, 6) is 0.505. The van der Waals surface area contributed by atoms with E-state index in [1.807, 2.05) is 34.0 Å². The summed E-state index contributed by atoms with van der Waals surface area (Å²) >= 11 is 7.70. The van der Waals surface area contributed by atoms with Crippen LogP contribution in [0, 0.1) is 0 Å². The van der Waals surface area contributed by atoms with E-state index in [2.05, 4.69) is 15.3 Å². The van der Waals surface area contributed by atoms with Crippen LogP contribution in [0.3, 0.4) is 0 Å². The van der Waals surface area contributed by atoms with Crippen molar-refractivity contribution in [3.8, 4) is 0 Å². The van der Waals surface area contributed by atoms with Crippen LogP contribution in [0.1, 0.15) is 39.7 Å². The van der Waals surface area contributed by atoms with Gasteiger partial charge in [0.05, 0.1) is 18.4 Å². The number of halogens is 1. The molecule has 1 aliphatic rings. The van der Waals surface area contributed by atoms with Crippen LogP contribution < -0.4 is 5.32 Å². The van der Waals surface area contributed by atoms with Crippen molar-refractivity contribution in [1.82, 2.24) is 14.9 Å². The zero-order valence-electron chi connectivity index (χ0n) is 18.1. The average Bonchev–Trinajstić information content (AvgIpc) is 2.96. The Kier molecular flexibility index (Phi) is 7.87. The number of hydrogen-bond acceptors (Lipinski definition) is 9. The highest BCUT2D eigenvalue weighted by Crippen LogP contribution is 2.31. The smallest absolute Gasteiger partial charge is 0.410 e. The molecule has 0 aromatic carbocycles. The summed E-state index contributed by atoms with van der Waals surface area (Å²) in [6, 6.07) is 0. The molecule has 0 saturated carbocycles. The molecule has 2 rings (SSSR count). The quantitative estimate of drug-likeness (QED) is 0.272. The van der Waals surface area contributed by atoms with Gasteiger partial charge in [0.2, 0.25) is 0 Å². The molecular formula is C18H29ClN4O5S2. The van der Waals surface area contributed by atoms with E-state index >= 15 is 0 Å². The Morgan fingerprint density at radius 3 is 2.60 bits per heavy atom. The van der Waals surface area contributed by atoms with Gasteiger partial charge in [0.1, 0.15) is 16.6 Å². The molecule has 1 atom stereocenters. The number of aromatic nitrogens is 2. The Balaban J connectivity index is 2.19. The van der Waals surface area contributed by atoms with Crippen LogP contribution in [-0.4, -0.2) is 72.7 Å². The summed E-state index contributed by atoms with van der Waals surface area (Å²) in [7, 11) is -3.57. The first-order chi connectivity index (χ1) is 13.7. The van der Waals surface area contributed by atoms with Crippen molar-refractivity contribution in [3.63, 3.8) is 0 Å². The van der Waals surface area contributed by atoms with Crippen LogP contribution in [0.15, 0.2) is 5.16 Å². The fourth-order valence-electron chi connectivity index (χ4n) is 2.98. The molecule has 0 aliphatic carbocycles. The summed E-state index contributed by atoms with van der Waals surface area (Å²) < 4.78 is 32.8. The second-order valence-corrected chi connectivity index (χ2v) is 11.2.